The number of esters is 1. The summed E-state index contributed by atoms with van der Waals surface area (Å²) in [4.78, 5) is 44.7. The van der Waals surface area contributed by atoms with Crippen LogP contribution < -0.4 is 16.0 Å². The third kappa shape index (κ3) is 5.14. The molecule has 1 aliphatic heterocycles. The smallest absolute Gasteiger partial charge is 0.338 e. The van der Waals surface area contributed by atoms with Crippen LogP contribution in [0, 0.1) is 0 Å². The van der Waals surface area contributed by atoms with Crippen LogP contribution in [0.2, 0.25) is 0 Å². The van der Waals surface area contributed by atoms with E-state index in [-0.39, 0.29) is 30.2 Å². The van der Waals surface area contributed by atoms with Gasteiger partial charge in [0.1, 0.15) is 6.17 Å². The van der Waals surface area contributed by atoms with Gasteiger partial charge in [-0.1, -0.05) is 12.1 Å². The van der Waals surface area contributed by atoms with Gasteiger partial charge in [0, 0.05) is 12.4 Å². The first-order chi connectivity index (χ1) is 14.0. The van der Waals surface area contributed by atoms with E-state index in [9.17, 15) is 14.4 Å². The van der Waals surface area contributed by atoms with Gasteiger partial charge in [-0.3, -0.25) is 14.9 Å². The van der Waals surface area contributed by atoms with Crippen molar-refractivity contribution in [2.24, 2.45) is 0 Å². The van der Waals surface area contributed by atoms with Crippen molar-refractivity contribution in [1.82, 2.24) is 25.9 Å². The SMILES string of the molecule is CCOC(=O)c1ccc([C@@H](C)NC(=O)C2CC(=O)NC(c3ncccn3)N2)cc1. The number of amides is 2. The Labute approximate surface area is 168 Å². The van der Waals surface area contributed by atoms with Crippen molar-refractivity contribution in [3.05, 3.63) is 59.7 Å². The summed E-state index contributed by atoms with van der Waals surface area (Å²) in [6.45, 7) is 3.89. The third-order valence-electron chi connectivity index (χ3n) is 4.50. The second-order valence-electron chi connectivity index (χ2n) is 6.60. The molecule has 2 aromatic rings. The predicted molar refractivity (Wildman–Crippen MR) is 103 cm³/mol. The van der Waals surface area contributed by atoms with Crippen LogP contribution in [0.15, 0.2) is 42.7 Å². The fourth-order valence-corrected chi connectivity index (χ4v) is 2.99. The zero-order valence-electron chi connectivity index (χ0n) is 16.2. The molecule has 2 heterocycles. The van der Waals surface area contributed by atoms with Gasteiger partial charge in [0.05, 0.1) is 30.7 Å². The Morgan fingerprint density at radius 2 is 1.93 bits per heavy atom. The van der Waals surface area contributed by atoms with Crippen molar-refractivity contribution in [1.29, 1.82) is 0 Å². The molecule has 3 N–H and O–H groups in total. The Bertz CT molecular complexity index is 872. The maximum Gasteiger partial charge on any atom is 0.338 e. The highest BCUT2D eigenvalue weighted by Crippen LogP contribution is 2.16. The number of carbonyl (C=O) groups is 3. The second-order valence-corrected chi connectivity index (χ2v) is 6.60. The van der Waals surface area contributed by atoms with Crippen molar-refractivity contribution in [2.75, 3.05) is 6.61 Å². The Hall–Kier alpha value is -3.33. The van der Waals surface area contributed by atoms with Gasteiger partial charge in [-0.2, -0.15) is 0 Å². The normalized spacial score (nSPS) is 19.7. The molecule has 152 valence electrons. The Morgan fingerprint density at radius 1 is 1.24 bits per heavy atom. The highest BCUT2D eigenvalue weighted by atomic mass is 16.5. The molecule has 3 rings (SSSR count). The molecular formula is C20H23N5O4. The molecule has 0 saturated carbocycles. The lowest BCUT2D eigenvalue weighted by Gasteiger charge is -2.30. The van der Waals surface area contributed by atoms with Gasteiger partial charge in [0.15, 0.2) is 5.82 Å². The van der Waals surface area contributed by atoms with Gasteiger partial charge in [-0.25, -0.2) is 14.8 Å². The van der Waals surface area contributed by atoms with E-state index >= 15 is 0 Å². The van der Waals surface area contributed by atoms with Crippen LogP contribution in [0.25, 0.3) is 0 Å². The number of nitrogens with one attached hydrogen (secondary N) is 3. The lowest BCUT2D eigenvalue weighted by atomic mass is 10.0. The molecule has 0 bridgehead atoms. The molecule has 1 aromatic heterocycles. The van der Waals surface area contributed by atoms with Crippen LogP contribution in [-0.4, -0.2) is 40.4 Å². The largest absolute Gasteiger partial charge is 0.462 e. The van der Waals surface area contributed by atoms with E-state index < -0.39 is 12.2 Å². The highest BCUT2D eigenvalue weighted by Gasteiger charge is 2.33. The monoisotopic (exact) mass is 397 g/mol. The molecule has 9 nitrogen and oxygen atoms in total. The average Bonchev–Trinajstić information content (AvgIpc) is 2.74. The lowest BCUT2D eigenvalue weighted by molar-refractivity contribution is -0.132. The number of hydrogen-bond acceptors (Lipinski definition) is 7. The van der Waals surface area contributed by atoms with Crippen molar-refractivity contribution >= 4 is 17.8 Å². The summed E-state index contributed by atoms with van der Waals surface area (Å²) < 4.78 is 4.96. The topological polar surface area (TPSA) is 122 Å². The summed E-state index contributed by atoms with van der Waals surface area (Å²) in [5, 5.41) is 8.69. The number of carbonyl (C=O) groups excluding carboxylic acids is 3. The van der Waals surface area contributed by atoms with E-state index in [1.165, 1.54) is 0 Å². The van der Waals surface area contributed by atoms with Crippen molar-refractivity contribution in [2.45, 2.75) is 38.5 Å². The van der Waals surface area contributed by atoms with Crippen molar-refractivity contribution < 1.29 is 19.1 Å². The van der Waals surface area contributed by atoms with Crippen molar-refractivity contribution in [3.63, 3.8) is 0 Å². The molecule has 9 heteroatoms. The number of nitrogens with zero attached hydrogens (tertiary/aromatic N) is 2. The molecule has 3 atom stereocenters. The van der Waals surface area contributed by atoms with Crippen LogP contribution in [0.4, 0.5) is 0 Å². The average molecular weight is 397 g/mol. The van der Waals surface area contributed by atoms with Crippen LogP contribution in [0.3, 0.4) is 0 Å². The number of ether oxygens (including phenoxy) is 1. The first-order valence-electron chi connectivity index (χ1n) is 9.37. The molecule has 29 heavy (non-hydrogen) atoms. The fourth-order valence-electron chi connectivity index (χ4n) is 2.99. The predicted octanol–water partition coefficient (Wildman–Crippen LogP) is 1.01. The first-order valence-corrected chi connectivity index (χ1v) is 9.37. The Morgan fingerprint density at radius 3 is 2.59 bits per heavy atom. The number of hydrogen-bond donors (Lipinski definition) is 3. The second kappa shape index (κ2) is 9.24. The standard InChI is InChI=1S/C20H23N5O4/c1-3-29-20(28)14-7-5-13(6-8-14)12(2)23-19(27)15-11-16(26)25-18(24-15)17-21-9-4-10-22-17/h4-10,12,15,18,24H,3,11H2,1-2H3,(H,23,27)(H,25,26)/t12-,15?,18?/m1/s1. The van der Waals surface area contributed by atoms with E-state index in [1.807, 2.05) is 6.92 Å². The quantitative estimate of drug-likeness (QED) is 0.622. The van der Waals surface area contributed by atoms with Gasteiger partial charge in [0.25, 0.3) is 0 Å². The summed E-state index contributed by atoms with van der Waals surface area (Å²) in [6.07, 6.45) is 2.53. The molecule has 0 spiro atoms. The lowest BCUT2D eigenvalue weighted by Crippen LogP contribution is -2.56. The van der Waals surface area contributed by atoms with E-state index in [4.69, 9.17) is 4.74 Å². The highest BCUT2D eigenvalue weighted by molar-refractivity contribution is 5.90. The van der Waals surface area contributed by atoms with Crippen molar-refractivity contribution in [3.8, 4) is 0 Å². The zero-order valence-corrected chi connectivity index (χ0v) is 16.2. The first kappa shape index (κ1) is 20.4. The van der Waals surface area contributed by atoms with Gasteiger partial charge >= 0.3 is 5.97 Å². The molecule has 2 unspecified atom stereocenters. The van der Waals surface area contributed by atoms with Crippen LogP contribution in [-0.2, 0) is 14.3 Å². The van der Waals surface area contributed by atoms with Crippen LogP contribution in [0.1, 0.15) is 54.2 Å². The molecule has 1 aromatic carbocycles. The third-order valence-corrected chi connectivity index (χ3v) is 4.50. The minimum atomic E-state index is -0.709. The number of benzene rings is 1. The minimum absolute atomic E-state index is 0.0175. The molecule has 1 fully saturated rings. The van der Waals surface area contributed by atoms with Crippen LogP contribution in [0.5, 0.6) is 0 Å². The van der Waals surface area contributed by atoms with E-state index in [0.717, 1.165) is 5.56 Å². The van der Waals surface area contributed by atoms with Gasteiger partial charge in [-0.15, -0.1) is 0 Å². The number of aromatic nitrogens is 2. The maximum atomic E-state index is 12.7. The zero-order chi connectivity index (χ0) is 20.8. The number of rotatable bonds is 6. The summed E-state index contributed by atoms with van der Waals surface area (Å²) in [5.41, 5.74) is 1.28. The summed E-state index contributed by atoms with van der Waals surface area (Å²) in [5.74, 6) is -0.557. The van der Waals surface area contributed by atoms with Gasteiger partial charge in [-0.05, 0) is 37.6 Å². The fraction of sp³-hybridized carbons (Fsp3) is 0.350. The molecule has 0 aliphatic carbocycles. The molecule has 0 radical (unpaired) electrons. The summed E-state index contributed by atoms with van der Waals surface area (Å²) in [7, 11) is 0. The molecule has 2 amide bonds. The van der Waals surface area contributed by atoms with E-state index in [2.05, 4.69) is 25.9 Å². The summed E-state index contributed by atoms with van der Waals surface area (Å²) >= 11 is 0. The summed E-state index contributed by atoms with van der Waals surface area (Å²) in [6, 6.07) is 7.50. The maximum absolute atomic E-state index is 12.7. The van der Waals surface area contributed by atoms with E-state index in [1.54, 1.807) is 49.6 Å². The van der Waals surface area contributed by atoms with Gasteiger partial charge in [0.2, 0.25) is 11.8 Å². The molecular weight excluding hydrogens is 374 g/mol. The van der Waals surface area contributed by atoms with Crippen LogP contribution >= 0.6 is 0 Å². The van der Waals surface area contributed by atoms with E-state index in [0.29, 0.717) is 18.0 Å². The minimum Gasteiger partial charge on any atom is -0.462 e. The Kier molecular flexibility index (Phi) is 6.50. The Balaban J connectivity index is 1.62. The molecule has 1 saturated heterocycles. The van der Waals surface area contributed by atoms with Gasteiger partial charge < -0.3 is 15.4 Å². The molecule has 1 aliphatic rings.